The highest BCUT2D eigenvalue weighted by molar-refractivity contribution is 5.74. The maximum absolute atomic E-state index is 9.81. The first-order chi connectivity index (χ1) is 6.88. The van der Waals surface area contributed by atoms with E-state index in [1.54, 1.807) is 6.92 Å². The van der Waals surface area contributed by atoms with Gasteiger partial charge in [-0.3, -0.25) is 0 Å². The molecule has 0 saturated carbocycles. The fourth-order valence-electron chi connectivity index (χ4n) is 1.17. The summed E-state index contributed by atoms with van der Waals surface area (Å²) in [6, 6.07) is 3.95. The molecule has 1 aromatic carbocycles. The number of phenolic OH excluding ortho intramolecular Hbond substituents is 1. The number of phenols is 1. The van der Waals surface area contributed by atoms with Crippen molar-refractivity contribution in [3.63, 3.8) is 0 Å². The molecular formula is C13H20O2. The number of aromatic hydroxyl groups is 1. The van der Waals surface area contributed by atoms with Crippen molar-refractivity contribution in [3.8, 4) is 5.75 Å². The summed E-state index contributed by atoms with van der Waals surface area (Å²) in [5, 5.41) is 9.33. The molecule has 0 aliphatic heterocycles. The molecule has 0 amide bonds. The van der Waals surface area contributed by atoms with E-state index in [0.717, 1.165) is 11.1 Å². The van der Waals surface area contributed by atoms with Crippen LogP contribution >= 0.6 is 0 Å². The van der Waals surface area contributed by atoms with Crippen LogP contribution in [0.4, 0.5) is 0 Å². The van der Waals surface area contributed by atoms with E-state index in [2.05, 4.69) is 0 Å². The molecule has 0 aromatic heterocycles. The molecule has 0 saturated heterocycles. The molecule has 1 rings (SSSR count). The molecule has 2 heteroatoms. The first kappa shape index (κ1) is 13.7. The van der Waals surface area contributed by atoms with Gasteiger partial charge in [-0.15, -0.1) is 0 Å². The molecule has 0 spiro atoms. The number of hydrogen-bond acceptors (Lipinski definition) is 2. The lowest BCUT2D eigenvalue weighted by molar-refractivity contribution is -0.116. The van der Waals surface area contributed by atoms with Gasteiger partial charge in [-0.2, -0.15) is 0 Å². The van der Waals surface area contributed by atoms with Crippen LogP contribution in [0, 0.1) is 20.8 Å². The number of benzene rings is 1. The molecule has 84 valence electrons. The SMILES string of the molecule is CCC(C)=O.Cc1cc(C)c(O)c(C)c1. The van der Waals surface area contributed by atoms with Crippen LogP contribution in [0.5, 0.6) is 5.75 Å². The van der Waals surface area contributed by atoms with Crippen LogP contribution in [-0.4, -0.2) is 10.9 Å². The molecule has 0 fully saturated rings. The smallest absolute Gasteiger partial charge is 0.129 e. The zero-order valence-corrected chi connectivity index (χ0v) is 10.2. The van der Waals surface area contributed by atoms with Crippen molar-refractivity contribution in [3.05, 3.63) is 28.8 Å². The largest absolute Gasteiger partial charge is 0.507 e. The van der Waals surface area contributed by atoms with E-state index in [9.17, 15) is 9.90 Å². The second kappa shape index (κ2) is 6.23. The van der Waals surface area contributed by atoms with Gasteiger partial charge in [0.2, 0.25) is 0 Å². The zero-order chi connectivity index (χ0) is 12.0. The highest BCUT2D eigenvalue weighted by atomic mass is 16.3. The van der Waals surface area contributed by atoms with Gasteiger partial charge in [0.25, 0.3) is 0 Å². The van der Waals surface area contributed by atoms with E-state index in [1.807, 2.05) is 39.8 Å². The summed E-state index contributed by atoms with van der Waals surface area (Å²) in [6.07, 6.45) is 0.667. The molecule has 0 heterocycles. The molecule has 1 N–H and O–H groups in total. The number of carbonyl (C=O) groups is 1. The summed E-state index contributed by atoms with van der Waals surface area (Å²) in [6.45, 7) is 9.28. The first-order valence-corrected chi connectivity index (χ1v) is 5.14. The Hall–Kier alpha value is -1.31. The van der Waals surface area contributed by atoms with E-state index in [0.29, 0.717) is 12.2 Å². The van der Waals surface area contributed by atoms with E-state index in [1.165, 1.54) is 5.56 Å². The number of hydrogen-bond donors (Lipinski definition) is 1. The molecule has 1 aromatic rings. The molecule has 0 aliphatic rings. The van der Waals surface area contributed by atoms with Crippen LogP contribution in [-0.2, 0) is 4.79 Å². The summed E-state index contributed by atoms with van der Waals surface area (Å²) >= 11 is 0. The summed E-state index contributed by atoms with van der Waals surface area (Å²) < 4.78 is 0. The van der Waals surface area contributed by atoms with Crippen molar-refractivity contribution in [1.82, 2.24) is 0 Å². The predicted octanol–water partition coefficient (Wildman–Crippen LogP) is 3.30. The lowest BCUT2D eigenvalue weighted by atomic mass is 10.1. The second-order valence-corrected chi connectivity index (χ2v) is 3.80. The zero-order valence-electron chi connectivity index (χ0n) is 10.2. The minimum Gasteiger partial charge on any atom is -0.507 e. The van der Waals surface area contributed by atoms with E-state index >= 15 is 0 Å². The van der Waals surface area contributed by atoms with Gasteiger partial charge in [0.1, 0.15) is 11.5 Å². The van der Waals surface area contributed by atoms with Gasteiger partial charge in [0, 0.05) is 6.42 Å². The van der Waals surface area contributed by atoms with Gasteiger partial charge < -0.3 is 9.90 Å². The fourth-order valence-corrected chi connectivity index (χ4v) is 1.17. The van der Waals surface area contributed by atoms with Crippen LogP contribution in [0.2, 0.25) is 0 Å². The van der Waals surface area contributed by atoms with Gasteiger partial charge in [0.05, 0.1) is 0 Å². The Morgan fingerprint density at radius 3 is 1.80 bits per heavy atom. The molecule has 0 bridgehead atoms. The minimum atomic E-state index is 0.255. The Morgan fingerprint density at radius 1 is 1.20 bits per heavy atom. The Kier molecular flexibility index (Phi) is 5.68. The van der Waals surface area contributed by atoms with Gasteiger partial charge in [-0.25, -0.2) is 0 Å². The molecule has 0 atom stereocenters. The van der Waals surface area contributed by atoms with E-state index in [-0.39, 0.29) is 5.78 Å². The van der Waals surface area contributed by atoms with Crippen LogP contribution in [0.1, 0.15) is 37.0 Å². The summed E-state index contributed by atoms with van der Waals surface area (Å²) in [4.78, 5) is 9.81. The number of aryl methyl sites for hydroxylation is 3. The summed E-state index contributed by atoms with van der Waals surface area (Å²) in [5.41, 5.74) is 3.11. The average molecular weight is 208 g/mol. The van der Waals surface area contributed by atoms with Crippen LogP contribution in [0.3, 0.4) is 0 Å². The Balaban J connectivity index is 0.000000336. The van der Waals surface area contributed by atoms with Gasteiger partial charge in [-0.1, -0.05) is 24.6 Å². The lowest BCUT2D eigenvalue weighted by Crippen LogP contribution is -1.81. The third kappa shape index (κ3) is 5.21. The maximum Gasteiger partial charge on any atom is 0.129 e. The van der Waals surface area contributed by atoms with Crippen LogP contribution < -0.4 is 0 Å². The molecule has 15 heavy (non-hydrogen) atoms. The lowest BCUT2D eigenvalue weighted by Gasteiger charge is -2.03. The van der Waals surface area contributed by atoms with Crippen molar-refractivity contribution < 1.29 is 9.90 Å². The maximum atomic E-state index is 9.81. The topological polar surface area (TPSA) is 37.3 Å². The molecule has 0 aliphatic carbocycles. The number of rotatable bonds is 1. The van der Waals surface area contributed by atoms with Crippen molar-refractivity contribution in [2.45, 2.75) is 41.0 Å². The van der Waals surface area contributed by atoms with Crippen molar-refractivity contribution in [1.29, 1.82) is 0 Å². The van der Waals surface area contributed by atoms with Gasteiger partial charge in [-0.05, 0) is 38.8 Å². The van der Waals surface area contributed by atoms with Crippen molar-refractivity contribution >= 4 is 5.78 Å². The monoisotopic (exact) mass is 208 g/mol. The highest BCUT2D eigenvalue weighted by Crippen LogP contribution is 2.21. The average Bonchev–Trinajstić information content (AvgIpc) is 2.15. The molecule has 2 nitrogen and oxygen atoms in total. The second-order valence-electron chi connectivity index (χ2n) is 3.80. The standard InChI is InChI=1S/C9H12O.C4H8O/c1-6-4-7(2)9(10)8(3)5-6;1-3-4(2)5/h4-5,10H,1-3H3;3H2,1-2H3. The molecule has 0 radical (unpaired) electrons. The van der Waals surface area contributed by atoms with Gasteiger partial charge in [0.15, 0.2) is 0 Å². The summed E-state index contributed by atoms with van der Waals surface area (Å²) in [7, 11) is 0. The van der Waals surface area contributed by atoms with Gasteiger partial charge >= 0.3 is 0 Å². The summed E-state index contributed by atoms with van der Waals surface area (Å²) in [5.74, 6) is 0.676. The van der Waals surface area contributed by atoms with E-state index < -0.39 is 0 Å². The van der Waals surface area contributed by atoms with Crippen molar-refractivity contribution in [2.24, 2.45) is 0 Å². The predicted molar refractivity (Wildman–Crippen MR) is 63.3 cm³/mol. The Bertz CT molecular complexity index is 317. The molecular weight excluding hydrogens is 188 g/mol. The fraction of sp³-hybridized carbons (Fsp3) is 0.462. The minimum absolute atomic E-state index is 0.255. The normalized spacial score (nSPS) is 9.13. The number of ketones is 1. The first-order valence-electron chi connectivity index (χ1n) is 5.14. The van der Waals surface area contributed by atoms with E-state index in [4.69, 9.17) is 0 Å². The third-order valence-electron chi connectivity index (χ3n) is 2.13. The Labute approximate surface area is 91.9 Å². The van der Waals surface area contributed by atoms with Crippen LogP contribution in [0.25, 0.3) is 0 Å². The van der Waals surface area contributed by atoms with Crippen LogP contribution in [0.15, 0.2) is 12.1 Å². The quantitative estimate of drug-likeness (QED) is 0.768. The highest BCUT2D eigenvalue weighted by Gasteiger charge is 1.98. The Morgan fingerprint density at radius 2 is 1.53 bits per heavy atom. The van der Waals surface area contributed by atoms with Crippen molar-refractivity contribution in [2.75, 3.05) is 0 Å². The number of carbonyl (C=O) groups excluding carboxylic acids is 1. The molecule has 0 unspecified atom stereocenters. The number of Topliss-reactive ketones (excluding diaryl/α,β-unsaturated/α-hetero) is 1. The third-order valence-corrected chi connectivity index (χ3v) is 2.13.